The topological polar surface area (TPSA) is 76.0 Å². The lowest BCUT2D eigenvalue weighted by Gasteiger charge is -2.24. The van der Waals surface area contributed by atoms with Crippen molar-refractivity contribution in [2.45, 2.75) is 31.2 Å². The van der Waals surface area contributed by atoms with Crippen LogP contribution in [0.2, 0.25) is 0 Å². The molecular formula is C22H24N2O4S2. The molecule has 0 saturated carbocycles. The molecule has 0 radical (unpaired) electrons. The number of carbonyl (C=O) groups is 1. The highest BCUT2D eigenvalue weighted by Gasteiger charge is 2.48. The van der Waals surface area contributed by atoms with Crippen molar-refractivity contribution in [3.05, 3.63) is 65.2 Å². The Hall–Kier alpha value is -2.32. The summed E-state index contributed by atoms with van der Waals surface area (Å²) in [6.45, 7) is 2.57. The SMILES string of the molecule is COc1ccc(CC(=O)N=C2SC3CS(=O)(=O)CC3N2Cc2ccc(C)cc2)cc1. The number of carbonyl (C=O) groups excluding carboxylic acids is 1. The molecule has 2 aromatic carbocycles. The molecule has 30 heavy (non-hydrogen) atoms. The Morgan fingerprint density at radius 2 is 1.77 bits per heavy atom. The Labute approximate surface area is 181 Å². The zero-order valence-corrected chi connectivity index (χ0v) is 18.6. The number of fused-ring (bicyclic) bond motifs is 1. The molecule has 0 aromatic heterocycles. The summed E-state index contributed by atoms with van der Waals surface area (Å²) in [6.07, 6.45) is 0.195. The molecule has 0 spiro atoms. The van der Waals surface area contributed by atoms with Crippen LogP contribution in [-0.2, 0) is 27.6 Å². The average Bonchev–Trinajstić information content (AvgIpc) is 3.16. The maximum atomic E-state index is 12.6. The van der Waals surface area contributed by atoms with Crippen molar-refractivity contribution < 1.29 is 17.9 Å². The van der Waals surface area contributed by atoms with Gasteiger partial charge in [0.25, 0.3) is 5.91 Å². The van der Waals surface area contributed by atoms with Crippen molar-refractivity contribution in [2.24, 2.45) is 4.99 Å². The van der Waals surface area contributed by atoms with Gasteiger partial charge in [0.2, 0.25) is 0 Å². The molecule has 2 aliphatic rings. The number of thioether (sulfide) groups is 1. The summed E-state index contributed by atoms with van der Waals surface area (Å²) in [6, 6.07) is 15.3. The number of amides is 1. The number of rotatable bonds is 5. The second-order valence-electron chi connectivity index (χ2n) is 7.73. The molecule has 8 heteroatoms. The standard InChI is InChI=1S/C22H24N2O4S2/c1-15-3-5-17(6-4-15)12-24-19-13-30(26,27)14-20(19)29-22(24)23-21(25)11-16-7-9-18(28-2)10-8-16/h3-10,19-20H,11-14H2,1-2H3. The van der Waals surface area contributed by atoms with Gasteiger partial charge in [-0.2, -0.15) is 4.99 Å². The molecule has 2 aromatic rings. The third-order valence-electron chi connectivity index (χ3n) is 5.38. The van der Waals surface area contributed by atoms with Crippen molar-refractivity contribution in [1.82, 2.24) is 4.90 Å². The zero-order chi connectivity index (χ0) is 21.3. The van der Waals surface area contributed by atoms with Crippen LogP contribution in [0.3, 0.4) is 0 Å². The van der Waals surface area contributed by atoms with E-state index < -0.39 is 9.84 Å². The Balaban J connectivity index is 1.54. The lowest BCUT2D eigenvalue weighted by Crippen LogP contribution is -2.37. The van der Waals surface area contributed by atoms with Crippen LogP contribution in [0.4, 0.5) is 0 Å². The minimum absolute atomic E-state index is 0.0759. The second kappa shape index (κ2) is 8.43. The Morgan fingerprint density at radius 3 is 2.43 bits per heavy atom. The van der Waals surface area contributed by atoms with E-state index in [2.05, 4.69) is 4.99 Å². The van der Waals surface area contributed by atoms with Crippen LogP contribution in [0.15, 0.2) is 53.5 Å². The highest BCUT2D eigenvalue weighted by molar-refractivity contribution is 8.15. The third kappa shape index (κ3) is 4.70. The molecule has 0 bridgehead atoms. The fourth-order valence-corrected chi connectivity index (χ4v) is 7.74. The van der Waals surface area contributed by atoms with E-state index in [0.29, 0.717) is 11.7 Å². The van der Waals surface area contributed by atoms with Gasteiger partial charge in [-0.25, -0.2) is 8.42 Å². The highest BCUT2D eigenvalue weighted by atomic mass is 32.2. The first-order valence-corrected chi connectivity index (χ1v) is 12.5. The monoisotopic (exact) mass is 444 g/mol. The normalized spacial score (nSPS) is 23.5. The van der Waals surface area contributed by atoms with Crippen LogP contribution in [0.25, 0.3) is 0 Å². The molecular weight excluding hydrogens is 420 g/mol. The van der Waals surface area contributed by atoms with Crippen molar-refractivity contribution in [2.75, 3.05) is 18.6 Å². The average molecular weight is 445 g/mol. The Bertz CT molecular complexity index is 1060. The number of hydrogen-bond acceptors (Lipinski definition) is 5. The van der Waals surface area contributed by atoms with E-state index in [1.165, 1.54) is 17.3 Å². The van der Waals surface area contributed by atoms with E-state index in [1.54, 1.807) is 7.11 Å². The van der Waals surface area contributed by atoms with Crippen LogP contribution < -0.4 is 4.74 Å². The number of nitrogens with zero attached hydrogens (tertiary/aromatic N) is 2. The molecule has 2 aliphatic heterocycles. The van der Waals surface area contributed by atoms with E-state index in [1.807, 2.05) is 60.4 Å². The van der Waals surface area contributed by atoms with Gasteiger partial charge in [-0.05, 0) is 30.2 Å². The highest BCUT2D eigenvalue weighted by Crippen LogP contribution is 2.39. The van der Waals surface area contributed by atoms with Gasteiger partial charge in [-0.15, -0.1) is 0 Å². The van der Waals surface area contributed by atoms with Crippen molar-refractivity contribution in [3.63, 3.8) is 0 Å². The number of aliphatic imine (C=N–C) groups is 1. The first-order valence-electron chi connectivity index (χ1n) is 9.77. The molecule has 4 rings (SSSR count). The van der Waals surface area contributed by atoms with Crippen LogP contribution in [0, 0.1) is 6.92 Å². The molecule has 2 heterocycles. The van der Waals surface area contributed by atoms with Gasteiger partial charge in [0, 0.05) is 11.8 Å². The van der Waals surface area contributed by atoms with Crippen molar-refractivity contribution in [1.29, 1.82) is 0 Å². The summed E-state index contributed by atoms with van der Waals surface area (Å²) in [5.74, 6) is 0.752. The molecule has 2 atom stereocenters. The largest absolute Gasteiger partial charge is 0.497 e. The van der Waals surface area contributed by atoms with E-state index >= 15 is 0 Å². The summed E-state index contributed by atoms with van der Waals surface area (Å²) in [7, 11) is -1.46. The minimum Gasteiger partial charge on any atom is -0.497 e. The summed E-state index contributed by atoms with van der Waals surface area (Å²) >= 11 is 1.41. The molecule has 2 saturated heterocycles. The Morgan fingerprint density at radius 1 is 1.10 bits per heavy atom. The maximum absolute atomic E-state index is 12.6. The van der Waals surface area contributed by atoms with Gasteiger partial charge in [-0.3, -0.25) is 4.79 Å². The van der Waals surface area contributed by atoms with E-state index in [9.17, 15) is 13.2 Å². The molecule has 2 unspecified atom stereocenters. The number of sulfone groups is 1. The van der Waals surface area contributed by atoms with Gasteiger partial charge in [0.05, 0.1) is 31.1 Å². The van der Waals surface area contributed by atoms with Crippen LogP contribution >= 0.6 is 11.8 Å². The van der Waals surface area contributed by atoms with E-state index in [0.717, 1.165) is 16.9 Å². The van der Waals surface area contributed by atoms with Crippen molar-refractivity contribution >= 4 is 32.7 Å². The van der Waals surface area contributed by atoms with E-state index in [4.69, 9.17) is 4.74 Å². The summed E-state index contributed by atoms with van der Waals surface area (Å²) in [5.41, 5.74) is 3.10. The van der Waals surface area contributed by atoms with Gasteiger partial charge >= 0.3 is 0 Å². The van der Waals surface area contributed by atoms with Crippen molar-refractivity contribution in [3.8, 4) is 5.75 Å². The number of benzene rings is 2. The second-order valence-corrected chi connectivity index (χ2v) is 11.1. The van der Waals surface area contributed by atoms with Gasteiger partial charge in [0.1, 0.15) is 5.75 Å². The number of amidine groups is 1. The molecule has 1 amide bonds. The van der Waals surface area contributed by atoms with Gasteiger partial charge < -0.3 is 9.64 Å². The van der Waals surface area contributed by atoms with Gasteiger partial charge in [0.15, 0.2) is 15.0 Å². The number of ether oxygens (including phenoxy) is 1. The van der Waals surface area contributed by atoms with Gasteiger partial charge in [-0.1, -0.05) is 53.7 Å². The lowest BCUT2D eigenvalue weighted by molar-refractivity contribution is -0.117. The first kappa shape index (κ1) is 20.9. The fourth-order valence-electron chi connectivity index (χ4n) is 3.77. The summed E-state index contributed by atoms with van der Waals surface area (Å²) in [5, 5.41) is 0.548. The predicted octanol–water partition coefficient (Wildman–Crippen LogP) is 2.84. The predicted molar refractivity (Wildman–Crippen MR) is 120 cm³/mol. The summed E-state index contributed by atoms with van der Waals surface area (Å²) < 4.78 is 29.5. The number of hydrogen-bond donors (Lipinski definition) is 0. The molecule has 0 N–H and O–H groups in total. The number of aryl methyl sites for hydroxylation is 1. The lowest BCUT2D eigenvalue weighted by atomic mass is 10.1. The third-order valence-corrected chi connectivity index (χ3v) is 8.63. The molecule has 0 aliphatic carbocycles. The molecule has 158 valence electrons. The molecule has 2 fully saturated rings. The molecule has 6 nitrogen and oxygen atoms in total. The van der Waals surface area contributed by atoms with E-state index in [-0.39, 0.29) is 35.1 Å². The maximum Gasteiger partial charge on any atom is 0.252 e. The summed E-state index contributed by atoms with van der Waals surface area (Å²) in [4.78, 5) is 19.0. The first-order chi connectivity index (χ1) is 14.3. The minimum atomic E-state index is -3.06. The van der Waals surface area contributed by atoms with Crippen LogP contribution in [0.1, 0.15) is 16.7 Å². The smallest absolute Gasteiger partial charge is 0.252 e. The zero-order valence-electron chi connectivity index (χ0n) is 16.9. The van der Waals surface area contributed by atoms with Crippen LogP contribution in [-0.4, -0.2) is 54.3 Å². The Kier molecular flexibility index (Phi) is 5.88. The van der Waals surface area contributed by atoms with Crippen LogP contribution in [0.5, 0.6) is 5.75 Å². The fraction of sp³-hybridized carbons (Fsp3) is 0.364. The quantitative estimate of drug-likeness (QED) is 0.706. The number of methoxy groups -OCH3 is 1.